The van der Waals surface area contributed by atoms with Gasteiger partial charge in [-0.25, -0.2) is 0 Å². The van der Waals surface area contributed by atoms with E-state index < -0.39 is 0 Å². The second kappa shape index (κ2) is 4.59. The minimum Gasteiger partial charge on any atom is -0.352 e. The summed E-state index contributed by atoms with van der Waals surface area (Å²) in [4.78, 5) is 15.1. The van der Waals surface area contributed by atoms with Gasteiger partial charge in [-0.05, 0) is 20.8 Å². The van der Waals surface area contributed by atoms with E-state index in [9.17, 15) is 4.79 Å². The average Bonchev–Trinajstić information content (AvgIpc) is 2.47. The normalized spacial score (nSPS) is 10.3. The van der Waals surface area contributed by atoms with Crippen molar-refractivity contribution in [3.63, 3.8) is 0 Å². The molecular weight excluding hydrogens is 184 g/mol. The molecule has 2 N–H and O–H groups in total. The van der Waals surface area contributed by atoms with Crippen LogP contribution in [0.2, 0.25) is 0 Å². The first-order valence-corrected chi connectivity index (χ1v) is 4.41. The molecule has 0 spiro atoms. The lowest BCUT2D eigenvalue weighted by atomic mass is 10.4. The van der Waals surface area contributed by atoms with E-state index in [0.717, 1.165) is 0 Å². The summed E-state index contributed by atoms with van der Waals surface area (Å²) >= 11 is 0. The fourth-order valence-electron chi connectivity index (χ4n) is 0.898. The van der Waals surface area contributed by atoms with Crippen LogP contribution < -0.4 is 10.6 Å². The minimum atomic E-state index is -0.101. The number of nitrogens with zero attached hydrogens (tertiary/aromatic N) is 2. The van der Waals surface area contributed by atoms with E-state index in [1.807, 2.05) is 13.8 Å². The summed E-state index contributed by atoms with van der Waals surface area (Å²) in [5, 5.41) is 9.02. The van der Waals surface area contributed by atoms with E-state index in [-0.39, 0.29) is 24.5 Å². The number of carbonyl (C=O) groups excluding carboxylic acids is 1. The fraction of sp³-hybridized carbons (Fsp3) is 0.625. The van der Waals surface area contributed by atoms with Gasteiger partial charge < -0.3 is 15.2 Å². The fourth-order valence-corrected chi connectivity index (χ4v) is 0.898. The summed E-state index contributed by atoms with van der Waals surface area (Å²) < 4.78 is 4.77. The van der Waals surface area contributed by atoms with Crippen molar-refractivity contribution in [3.8, 4) is 0 Å². The lowest BCUT2D eigenvalue weighted by Crippen LogP contribution is -2.34. The van der Waals surface area contributed by atoms with Gasteiger partial charge >= 0.3 is 6.01 Å². The Bertz CT molecular complexity index is 308. The van der Waals surface area contributed by atoms with Gasteiger partial charge in [-0.3, -0.25) is 4.79 Å². The van der Waals surface area contributed by atoms with Crippen LogP contribution in [0.3, 0.4) is 0 Å². The average molecular weight is 198 g/mol. The van der Waals surface area contributed by atoms with Gasteiger partial charge in [-0.15, -0.1) is 0 Å². The first-order valence-electron chi connectivity index (χ1n) is 4.41. The number of nitrogens with one attached hydrogen (secondary N) is 2. The summed E-state index contributed by atoms with van der Waals surface area (Å²) in [6.45, 7) is 5.65. The topological polar surface area (TPSA) is 80.0 Å². The van der Waals surface area contributed by atoms with Crippen LogP contribution in [0.1, 0.15) is 19.7 Å². The number of rotatable bonds is 4. The van der Waals surface area contributed by atoms with Crippen molar-refractivity contribution in [3.05, 3.63) is 5.82 Å². The molecule has 0 fully saturated rings. The summed E-state index contributed by atoms with van der Waals surface area (Å²) in [5.74, 6) is 0.438. The van der Waals surface area contributed by atoms with Crippen molar-refractivity contribution in [2.75, 3.05) is 11.9 Å². The molecule has 0 saturated carbocycles. The largest absolute Gasteiger partial charge is 0.352 e. The lowest BCUT2D eigenvalue weighted by molar-refractivity contribution is -0.119. The number of hydrogen-bond acceptors (Lipinski definition) is 5. The molecule has 0 aromatic carbocycles. The molecule has 0 radical (unpaired) electrons. The molecule has 1 aromatic heterocycles. The molecule has 0 aliphatic rings. The molecule has 0 unspecified atom stereocenters. The maximum Gasteiger partial charge on any atom is 0.321 e. The molecule has 0 aliphatic heterocycles. The van der Waals surface area contributed by atoms with Crippen LogP contribution in [-0.2, 0) is 4.79 Å². The molecule has 14 heavy (non-hydrogen) atoms. The number of aryl methyl sites for hydroxylation is 1. The zero-order chi connectivity index (χ0) is 10.6. The number of anilines is 1. The monoisotopic (exact) mass is 198 g/mol. The van der Waals surface area contributed by atoms with Crippen LogP contribution in [0.15, 0.2) is 4.52 Å². The van der Waals surface area contributed by atoms with Crippen LogP contribution >= 0.6 is 0 Å². The van der Waals surface area contributed by atoms with Gasteiger partial charge in [0.15, 0.2) is 5.82 Å². The maximum absolute atomic E-state index is 11.2. The Labute approximate surface area is 82.1 Å². The number of amides is 1. The number of carbonyl (C=O) groups is 1. The molecule has 0 bridgehead atoms. The van der Waals surface area contributed by atoms with Crippen LogP contribution in [0, 0.1) is 6.92 Å². The standard InChI is InChI=1S/C8H14N4O2/c1-5(2)10-7(13)4-9-8-11-6(3)12-14-8/h5H,4H2,1-3H3,(H,10,13)(H,9,11,12). The van der Waals surface area contributed by atoms with Crippen molar-refractivity contribution in [2.45, 2.75) is 26.8 Å². The van der Waals surface area contributed by atoms with Gasteiger partial charge in [0.2, 0.25) is 5.91 Å². The molecule has 0 atom stereocenters. The van der Waals surface area contributed by atoms with E-state index in [0.29, 0.717) is 5.82 Å². The van der Waals surface area contributed by atoms with E-state index >= 15 is 0 Å². The van der Waals surface area contributed by atoms with Gasteiger partial charge in [0.05, 0.1) is 6.54 Å². The smallest absolute Gasteiger partial charge is 0.321 e. The third-order valence-electron chi connectivity index (χ3n) is 1.38. The highest BCUT2D eigenvalue weighted by atomic mass is 16.5. The highest BCUT2D eigenvalue weighted by Crippen LogP contribution is 2.00. The molecule has 1 heterocycles. The van der Waals surface area contributed by atoms with Crippen LogP contribution in [0.25, 0.3) is 0 Å². The van der Waals surface area contributed by atoms with Gasteiger partial charge in [0.25, 0.3) is 0 Å². The van der Waals surface area contributed by atoms with Crippen molar-refractivity contribution in [1.29, 1.82) is 0 Å². The first kappa shape index (κ1) is 10.5. The maximum atomic E-state index is 11.2. The lowest BCUT2D eigenvalue weighted by Gasteiger charge is -2.07. The molecular formula is C8H14N4O2. The van der Waals surface area contributed by atoms with E-state index in [1.54, 1.807) is 6.92 Å². The second-order valence-electron chi connectivity index (χ2n) is 3.22. The Hall–Kier alpha value is -1.59. The van der Waals surface area contributed by atoms with Crippen molar-refractivity contribution in [1.82, 2.24) is 15.5 Å². The Kier molecular flexibility index (Phi) is 3.44. The van der Waals surface area contributed by atoms with Gasteiger partial charge in [0, 0.05) is 6.04 Å². The SMILES string of the molecule is Cc1noc(NCC(=O)NC(C)C)n1. The minimum absolute atomic E-state index is 0.101. The molecule has 6 nitrogen and oxygen atoms in total. The Morgan fingerprint density at radius 2 is 2.29 bits per heavy atom. The number of hydrogen-bond donors (Lipinski definition) is 2. The summed E-state index contributed by atoms with van der Waals surface area (Å²) in [6, 6.07) is 0.398. The van der Waals surface area contributed by atoms with Crippen molar-refractivity contribution < 1.29 is 9.32 Å². The van der Waals surface area contributed by atoms with E-state index in [2.05, 4.69) is 20.8 Å². The number of aromatic nitrogens is 2. The molecule has 6 heteroatoms. The van der Waals surface area contributed by atoms with Crippen molar-refractivity contribution >= 4 is 11.9 Å². The van der Waals surface area contributed by atoms with Crippen LogP contribution in [0.5, 0.6) is 0 Å². The zero-order valence-corrected chi connectivity index (χ0v) is 8.50. The van der Waals surface area contributed by atoms with E-state index in [1.165, 1.54) is 0 Å². The zero-order valence-electron chi connectivity index (χ0n) is 8.50. The highest BCUT2D eigenvalue weighted by Gasteiger charge is 2.05. The Balaban J connectivity index is 2.30. The Morgan fingerprint density at radius 1 is 1.57 bits per heavy atom. The molecule has 1 rings (SSSR count). The molecule has 78 valence electrons. The third kappa shape index (κ3) is 3.42. The third-order valence-corrected chi connectivity index (χ3v) is 1.38. The molecule has 1 amide bonds. The predicted molar refractivity (Wildman–Crippen MR) is 50.8 cm³/mol. The summed E-state index contributed by atoms with van der Waals surface area (Å²) in [5.41, 5.74) is 0. The molecule has 1 aromatic rings. The van der Waals surface area contributed by atoms with Crippen LogP contribution in [-0.4, -0.2) is 28.6 Å². The molecule has 0 aliphatic carbocycles. The van der Waals surface area contributed by atoms with Gasteiger partial charge in [-0.2, -0.15) is 4.98 Å². The summed E-state index contributed by atoms with van der Waals surface area (Å²) in [6.07, 6.45) is 0. The van der Waals surface area contributed by atoms with Gasteiger partial charge in [-0.1, -0.05) is 5.16 Å². The first-order chi connectivity index (χ1) is 6.58. The van der Waals surface area contributed by atoms with Gasteiger partial charge in [0.1, 0.15) is 0 Å². The highest BCUT2D eigenvalue weighted by molar-refractivity contribution is 5.80. The van der Waals surface area contributed by atoms with Crippen molar-refractivity contribution in [2.24, 2.45) is 0 Å². The van der Waals surface area contributed by atoms with Crippen LogP contribution in [0.4, 0.5) is 6.01 Å². The summed E-state index contributed by atoms with van der Waals surface area (Å²) in [7, 11) is 0. The quantitative estimate of drug-likeness (QED) is 0.728. The van der Waals surface area contributed by atoms with E-state index in [4.69, 9.17) is 4.52 Å². The Morgan fingerprint density at radius 3 is 2.79 bits per heavy atom. The second-order valence-corrected chi connectivity index (χ2v) is 3.22. The predicted octanol–water partition coefficient (Wildman–Crippen LogP) is 0.315. The molecule has 0 saturated heterocycles.